The van der Waals surface area contributed by atoms with Gasteiger partial charge in [-0.3, -0.25) is 4.79 Å². The van der Waals surface area contributed by atoms with E-state index in [0.717, 1.165) is 0 Å². The third kappa shape index (κ3) is 2.37. The van der Waals surface area contributed by atoms with Gasteiger partial charge in [0.05, 0.1) is 6.61 Å². The molecule has 0 aromatic heterocycles. The minimum Gasteiger partial charge on any atom is -0.479 e. The zero-order valence-corrected chi connectivity index (χ0v) is 8.68. The summed E-state index contributed by atoms with van der Waals surface area (Å²) in [6, 6.07) is 0. The zero-order valence-electron chi connectivity index (χ0n) is 8.68. The van der Waals surface area contributed by atoms with Gasteiger partial charge in [-0.25, -0.2) is 4.79 Å². The van der Waals surface area contributed by atoms with Crippen molar-refractivity contribution in [2.45, 2.75) is 24.1 Å². The van der Waals surface area contributed by atoms with E-state index in [1.807, 2.05) is 0 Å². The molecule has 2 N–H and O–H groups in total. The maximum absolute atomic E-state index is 12.6. The van der Waals surface area contributed by atoms with Gasteiger partial charge in [-0.2, -0.15) is 22.0 Å². The van der Waals surface area contributed by atoms with Crippen LogP contribution in [0.5, 0.6) is 0 Å². The molecule has 0 aliphatic carbocycles. The van der Waals surface area contributed by atoms with E-state index in [0.29, 0.717) is 0 Å². The Labute approximate surface area is 96.9 Å². The molecular weight excluding hydrogens is 269 g/mol. The first kappa shape index (κ1) is 14.6. The predicted octanol–water partition coefficient (Wildman–Crippen LogP) is 0.544. The molecule has 0 saturated carbocycles. The summed E-state index contributed by atoms with van der Waals surface area (Å²) in [4.78, 5) is 21.7. The van der Waals surface area contributed by atoms with Gasteiger partial charge in [0.1, 0.15) is 0 Å². The highest BCUT2D eigenvalue weighted by molar-refractivity contribution is 5.91. The first-order valence-corrected chi connectivity index (χ1v) is 4.61. The van der Waals surface area contributed by atoms with E-state index in [9.17, 15) is 31.5 Å². The first-order valence-electron chi connectivity index (χ1n) is 4.61. The zero-order chi connectivity index (χ0) is 14.2. The van der Waals surface area contributed by atoms with Gasteiger partial charge in [-0.05, 0) is 0 Å². The van der Waals surface area contributed by atoms with Gasteiger partial charge in [-0.15, -0.1) is 0 Å². The van der Waals surface area contributed by atoms with Crippen LogP contribution in [0.15, 0.2) is 0 Å². The monoisotopic (exact) mass is 277 g/mol. The lowest BCUT2D eigenvalue weighted by Crippen LogP contribution is -2.61. The Kier molecular flexibility index (Phi) is 3.52. The minimum absolute atomic E-state index is 0.163. The second-order valence-electron chi connectivity index (χ2n) is 3.72. The van der Waals surface area contributed by atoms with Gasteiger partial charge in [-0.1, -0.05) is 0 Å². The number of ether oxygens (including phenoxy) is 1. The van der Waals surface area contributed by atoms with E-state index in [2.05, 4.69) is 4.74 Å². The highest BCUT2D eigenvalue weighted by Gasteiger charge is 2.65. The molecule has 1 aliphatic heterocycles. The third-order valence-corrected chi connectivity index (χ3v) is 2.43. The van der Waals surface area contributed by atoms with Crippen LogP contribution in [0.25, 0.3) is 0 Å². The SMILES string of the molecule is O=C(O)C1(NC(=O)C(F)(F)C(F)(F)F)CCOC1. The summed E-state index contributed by atoms with van der Waals surface area (Å²) in [7, 11) is 0. The maximum Gasteiger partial charge on any atom is 0.463 e. The Balaban J connectivity index is 2.90. The van der Waals surface area contributed by atoms with Crippen molar-refractivity contribution in [3.8, 4) is 0 Å². The fourth-order valence-electron chi connectivity index (χ4n) is 1.31. The number of carboxylic acid groups (broad SMARTS) is 1. The first-order chi connectivity index (χ1) is 8.03. The van der Waals surface area contributed by atoms with E-state index >= 15 is 0 Å². The lowest BCUT2D eigenvalue weighted by Gasteiger charge is -2.27. The molecule has 104 valence electrons. The molecule has 0 aromatic carbocycles. The van der Waals surface area contributed by atoms with E-state index in [1.165, 1.54) is 5.32 Å². The smallest absolute Gasteiger partial charge is 0.463 e. The summed E-state index contributed by atoms with van der Waals surface area (Å²) in [6.45, 7) is -0.827. The molecule has 1 unspecified atom stereocenters. The van der Waals surface area contributed by atoms with Crippen LogP contribution in [-0.4, -0.2) is 47.8 Å². The van der Waals surface area contributed by atoms with Crippen LogP contribution in [-0.2, 0) is 14.3 Å². The Morgan fingerprint density at radius 2 is 1.78 bits per heavy atom. The summed E-state index contributed by atoms with van der Waals surface area (Å²) < 4.78 is 65.6. The summed E-state index contributed by atoms with van der Waals surface area (Å²) in [6.07, 6.45) is -6.47. The van der Waals surface area contributed by atoms with Crippen LogP contribution in [0.4, 0.5) is 22.0 Å². The number of rotatable bonds is 3. The van der Waals surface area contributed by atoms with Crippen LogP contribution in [0.3, 0.4) is 0 Å². The Hall–Kier alpha value is -1.45. The van der Waals surface area contributed by atoms with Crippen molar-refractivity contribution in [2.24, 2.45) is 0 Å². The molecule has 1 fully saturated rings. The Morgan fingerprint density at radius 3 is 2.11 bits per heavy atom. The third-order valence-electron chi connectivity index (χ3n) is 2.43. The van der Waals surface area contributed by atoms with Crippen molar-refractivity contribution in [3.05, 3.63) is 0 Å². The van der Waals surface area contributed by atoms with Crippen molar-refractivity contribution < 1.29 is 41.4 Å². The molecule has 0 aromatic rings. The van der Waals surface area contributed by atoms with Crippen molar-refractivity contribution in [2.75, 3.05) is 13.2 Å². The molecule has 10 heteroatoms. The molecule has 0 spiro atoms. The summed E-state index contributed by atoms with van der Waals surface area (Å²) in [5.74, 6) is -10.1. The molecule has 1 saturated heterocycles. The number of alkyl halides is 5. The molecule has 0 radical (unpaired) electrons. The minimum atomic E-state index is -6.09. The van der Waals surface area contributed by atoms with Crippen molar-refractivity contribution in [1.82, 2.24) is 5.32 Å². The lowest BCUT2D eigenvalue weighted by molar-refractivity contribution is -0.270. The fourth-order valence-corrected chi connectivity index (χ4v) is 1.31. The fraction of sp³-hybridized carbons (Fsp3) is 0.750. The van der Waals surface area contributed by atoms with Gasteiger partial charge >= 0.3 is 24.0 Å². The van der Waals surface area contributed by atoms with Crippen LogP contribution < -0.4 is 5.32 Å². The number of halogens is 5. The molecule has 5 nitrogen and oxygen atoms in total. The number of aliphatic carboxylic acids is 1. The van der Waals surface area contributed by atoms with Gasteiger partial charge in [0.2, 0.25) is 0 Å². The number of nitrogens with one attached hydrogen (secondary N) is 1. The largest absolute Gasteiger partial charge is 0.479 e. The molecule has 1 atom stereocenters. The van der Waals surface area contributed by atoms with E-state index < -0.39 is 36.1 Å². The van der Waals surface area contributed by atoms with Crippen LogP contribution in [0.1, 0.15) is 6.42 Å². The summed E-state index contributed by atoms with van der Waals surface area (Å²) in [5.41, 5.74) is -2.24. The molecule has 18 heavy (non-hydrogen) atoms. The Morgan fingerprint density at radius 1 is 1.22 bits per heavy atom. The van der Waals surface area contributed by atoms with E-state index in [-0.39, 0.29) is 13.0 Å². The van der Waals surface area contributed by atoms with Gasteiger partial charge in [0.25, 0.3) is 0 Å². The Bertz CT molecular complexity index is 361. The van der Waals surface area contributed by atoms with Crippen molar-refractivity contribution >= 4 is 11.9 Å². The summed E-state index contributed by atoms with van der Waals surface area (Å²) >= 11 is 0. The number of carbonyl (C=O) groups is 2. The van der Waals surface area contributed by atoms with Crippen molar-refractivity contribution in [3.63, 3.8) is 0 Å². The average molecular weight is 277 g/mol. The van der Waals surface area contributed by atoms with Crippen molar-refractivity contribution in [1.29, 1.82) is 0 Å². The lowest BCUT2D eigenvalue weighted by atomic mass is 9.98. The quantitative estimate of drug-likeness (QED) is 0.738. The van der Waals surface area contributed by atoms with Crippen LogP contribution in [0, 0.1) is 0 Å². The molecule has 1 amide bonds. The molecule has 1 rings (SSSR count). The highest BCUT2D eigenvalue weighted by Crippen LogP contribution is 2.36. The topological polar surface area (TPSA) is 75.6 Å². The molecule has 1 heterocycles. The number of hydrogen-bond acceptors (Lipinski definition) is 3. The second kappa shape index (κ2) is 4.34. The van der Waals surface area contributed by atoms with Gasteiger partial charge in [0.15, 0.2) is 5.54 Å². The average Bonchev–Trinajstić information content (AvgIpc) is 2.65. The number of amides is 1. The number of carbonyl (C=O) groups excluding carboxylic acids is 1. The molecular formula is C8H8F5NO4. The highest BCUT2D eigenvalue weighted by atomic mass is 19.4. The number of carboxylic acids is 1. The van der Waals surface area contributed by atoms with Gasteiger partial charge < -0.3 is 15.2 Å². The standard InChI is InChI=1S/C8H8F5NO4/c9-7(10,8(11,12)13)4(15)14-6(5(16)17)1-2-18-3-6/h1-3H2,(H,14,15)(H,16,17). The van der Waals surface area contributed by atoms with Crippen LogP contribution >= 0.6 is 0 Å². The predicted molar refractivity (Wildman–Crippen MR) is 44.9 cm³/mol. The van der Waals surface area contributed by atoms with Crippen LogP contribution in [0.2, 0.25) is 0 Å². The van der Waals surface area contributed by atoms with E-state index in [1.54, 1.807) is 0 Å². The molecule has 1 aliphatic rings. The summed E-state index contributed by atoms with van der Waals surface area (Å²) in [5, 5.41) is 9.97. The van der Waals surface area contributed by atoms with Gasteiger partial charge in [0, 0.05) is 13.0 Å². The van der Waals surface area contributed by atoms with E-state index in [4.69, 9.17) is 5.11 Å². The second-order valence-corrected chi connectivity index (χ2v) is 3.72. The maximum atomic E-state index is 12.6. The normalized spacial score (nSPS) is 24.9. The molecule has 0 bridgehead atoms. The number of hydrogen-bond donors (Lipinski definition) is 2.